The zero-order chi connectivity index (χ0) is 8.72. The molecule has 4 heteroatoms. The molecule has 1 atom stereocenters. The summed E-state index contributed by atoms with van der Waals surface area (Å²) in [6.45, 7) is 2.39. The Kier molecular flexibility index (Phi) is 1.70. The van der Waals surface area contributed by atoms with Gasteiger partial charge in [-0.1, -0.05) is 11.6 Å². The van der Waals surface area contributed by atoms with E-state index >= 15 is 0 Å². The molecule has 2 rings (SSSR count). The van der Waals surface area contributed by atoms with Crippen LogP contribution in [0.3, 0.4) is 0 Å². The molecule has 0 aromatic carbocycles. The van der Waals surface area contributed by atoms with Crippen molar-refractivity contribution in [2.45, 2.75) is 13.0 Å². The number of ether oxygens (including phenoxy) is 1. The van der Waals surface area contributed by atoms with Crippen LogP contribution in [-0.4, -0.2) is 11.6 Å². The summed E-state index contributed by atoms with van der Waals surface area (Å²) in [5.74, 6) is 0.798. The molecule has 2 N–H and O–H groups in total. The third-order valence-corrected chi connectivity index (χ3v) is 2.14. The van der Waals surface area contributed by atoms with E-state index in [1.54, 1.807) is 6.07 Å². The number of rotatable bonds is 0. The van der Waals surface area contributed by atoms with Gasteiger partial charge in [0.1, 0.15) is 17.5 Å². The van der Waals surface area contributed by atoms with E-state index in [1.807, 2.05) is 6.92 Å². The maximum absolute atomic E-state index is 5.77. The fourth-order valence-corrected chi connectivity index (χ4v) is 1.62. The van der Waals surface area contributed by atoms with Crippen LogP contribution in [0.4, 0.5) is 0 Å². The van der Waals surface area contributed by atoms with Crippen LogP contribution in [0.25, 0.3) is 0 Å². The van der Waals surface area contributed by atoms with E-state index in [9.17, 15) is 0 Å². The Morgan fingerprint density at radius 1 is 1.75 bits per heavy atom. The Morgan fingerprint density at radius 3 is 3.25 bits per heavy atom. The minimum absolute atomic E-state index is 0.0563. The van der Waals surface area contributed by atoms with Gasteiger partial charge in [0.25, 0.3) is 0 Å². The predicted molar refractivity (Wildman–Crippen MR) is 46.4 cm³/mol. The van der Waals surface area contributed by atoms with Crippen molar-refractivity contribution >= 4 is 11.6 Å². The molecule has 0 bridgehead atoms. The summed E-state index contributed by atoms with van der Waals surface area (Å²) in [5, 5.41) is 0.479. The van der Waals surface area contributed by atoms with E-state index in [2.05, 4.69) is 4.98 Å². The molecule has 0 fully saturated rings. The number of aromatic nitrogens is 1. The van der Waals surface area contributed by atoms with E-state index in [0.29, 0.717) is 11.8 Å². The van der Waals surface area contributed by atoms with Crippen LogP contribution in [0.15, 0.2) is 6.07 Å². The molecule has 1 aliphatic heterocycles. The van der Waals surface area contributed by atoms with E-state index in [-0.39, 0.29) is 6.04 Å². The summed E-state index contributed by atoms with van der Waals surface area (Å²) in [4.78, 5) is 4.06. The van der Waals surface area contributed by atoms with Gasteiger partial charge in [0.05, 0.1) is 11.7 Å². The lowest BCUT2D eigenvalue weighted by Crippen LogP contribution is -2.10. The standard InChI is InChI=1S/C8H9ClN2O/c1-4-8-5(2-7(9)11-4)6(10)3-12-8/h2,6H,3,10H2,1H3. The van der Waals surface area contributed by atoms with E-state index < -0.39 is 0 Å². The first-order valence-electron chi connectivity index (χ1n) is 3.74. The van der Waals surface area contributed by atoms with Crippen molar-refractivity contribution in [1.82, 2.24) is 4.98 Å². The molecule has 3 nitrogen and oxygen atoms in total. The summed E-state index contributed by atoms with van der Waals surface area (Å²) >= 11 is 5.77. The lowest BCUT2D eigenvalue weighted by molar-refractivity contribution is 0.330. The molecule has 0 saturated heterocycles. The molecule has 0 radical (unpaired) electrons. The first-order chi connectivity index (χ1) is 5.68. The molecule has 0 saturated carbocycles. The first kappa shape index (κ1) is 7.83. The normalized spacial score (nSPS) is 20.4. The van der Waals surface area contributed by atoms with Crippen molar-refractivity contribution in [1.29, 1.82) is 0 Å². The predicted octanol–water partition coefficient (Wildman–Crippen LogP) is 1.44. The summed E-state index contributed by atoms with van der Waals surface area (Å²) in [6, 6.07) is 1.71. The topological polar surface area (TPSA) is 48.1 Å². The molecule has 2 heterocycles. The summed E-state index contributed by atoms with van der Waals surface area (Å²) < 4.78 is 5.35. The molecule has 0 aliphatic carbocycles. The lowest BCUT2D eigenvalue weighted by Gasteiger charge is -2.03. The fraction of sp³-hybridized carbons (Fsp3) is 0.375. The van der Waals surface area contributed by atoms with Crippen LogP contribution >= 0.6 is 11.6 Å². The van der Waals surface area contributed by atoms with E-state index in [0.717, 1.165) is 17.0 Å². The number of nitrogens with two attached hydrogens (primary N) is 1. The smallest absolute Gasteiger partial charge is 0.145 e. The highest BCUT2D eigenvalue weighted by Gasteiger charge is 2.23. The summed E-state index contributed by atoms with van der Waals surface area (Å²) in [6.07, 6.45) is 0. The minimum atomic E-state index is -0.0563. The first-order valence-corrected chi connectivity index (χ1v) is 4.11. The highest BCUT2D eigenvalue weighted by molar-refractivity contribution is 6.29. The lowest BCUT2D eigenvalue weighted by atomic mass is 10.1. The number of hydrogen-bond acceptors (Lipinski definition) is 3. The molecule has 1 aromatic heterocycles. The second kappa shape index (κ2) is 2.61. The van der Waals surface area contributed by atoms with Gasteiger partial charge in [-0.25, -0.2) is 4.98 Å². The Bertz CT molecular complexity index is 327. The van der Waals surface area contributed by atoms with Crippen LogP contribution in [-0.2, 0) is 0 Å². The van der Waals surface area contributed by atoms with Crippen molar-refractivity contribution < 1.29 is 4.74 Å². The zero-order valence-electron chi connectivity index (χ0n) is 6.67. The quantitative estimate of drug-likeness (QED) is 0.621. The molecule has 1 unspecified atom stereocenters. The number of aryl methyl sites for hydroxylation is 1. The highest BCUT2D eigenvalue weighted by atomic mass is 35.5. The maximum Gasteiger partial charge on any atom is 0.145 e. The SMILES string of the molecule is Cc1nc(Cl)cc2c1OCC2N. The number of fused-ring (bicyclic) bond motifs is 1. The summed E-state index contributed by atoms with van der Waals surface area (Å²) in [7, 11) is 0. The third kappa shape index (κ3) is 1.06. The van der Waals surface area contributed by atoms with Gasteiger partial charge in [-0.15, -0.1) is 0 Å². The summed E-state index contributed by atoms with van der Waals surface area (Å²) in [5.41, 5.74) is 7.55. The Hall–Kier alpha value is -0.800. The molecule has 0 amide bonds. The highest BCUT2D eigenvalue weighted by Crippen LogP contribution is 2.34. The van der Waals surface area contributed by atoms with Gasteiger partial charge in [0, 0.05) is 5.56 Å². The van der Waals surface area contributed by atoms with Gasteiger partial charge in [-0.05, 0) is 13.0 Å². The van der Waals surface area contributed by atoms with Gasteiger partial charge >= 0.3 is 0 Å². The average Bonchev–Trinajstić information content (AvgIpc) is 2.33. The maximum atomic E-state index is 5.77. The molecule has 64 valence electrons. The van der Waals surface area contributed by atoms with Crippen molar-refractivity contribution in [3.63, 3.8) is 0 Å². The molecule has 0 spiro atoms. The second-order valence-corrected chi connectivity index (χ2v) is 3.25. The van der Waals surface area contributed by atoms with Gasteiger partial charge < -0.3 is 10.5 Å². The van der Waals surface area contributed by atoms with Crippen molar-refractivity contribution in [3.8, 4) is 5.75 Å². The Morgan fingerprint density at radius 2 is 2.50 bits per heavy atom. The van der Waals surface area contributed by atoms with Crippen LogP contribution in [0.1, 0.15) is 17.3 Å². The van der Waals surface area contributed by atoms with Gasteiger partial charge in [-0.3, -0.25) is 0 Å². The average molecular weight is 185 g/mol. The van der Waals surface area contributed by atoms with Crippen LogP contribution < -0.4 is 10.5 Å². The van der Waals surface area contributed by atoms with E-state index in [4.69, 9.17) is 22.1 Å². The monoisotopic (exact) mass is 184 g/mol. The van der Waals surface area contributed by atoms with Crippen molar-refractivity contribution in [2.75, 3.05) is 6.61 Å². The third-order valence-electron chi connectivity index (χ3n) is 1.95. The second-order valence-electron chi connectivity index (χ2n) is 2.87. The molecular formula is C8H9ClN2O. The van der Waals surface area contributed by atoms with Crippen LogP contribution in [0.5, 0.6) is 5.75 Å². The number of pyridine rings is 1. The van der Waals surface area contributed by atoms with Gasteiger partial charge in [0.2, 0.25) is 0 Å². The molecular weight excluding hydrogens is 176 g/mol. The Balaban J connectivity index is 2.60. The fourth-order valence-electron chi connectivity index (χ4n) is 1.37. The van der Waals surface area contributed by atoms with Crippen molar-refractivity contribution in [3.05, 3.63) is 22.5 Å². The molecule has 1 aliphatic rings. The zero-order valence-corrected chi connectivity index (χ0v) is 7.43. The molecule has 12 heavy (non-hydrogen) atoms. The molecule has 1 aromatic rings. The van der Waals surface area contributed by atoms with Gasteiger partial charge in [0.15, 0.2) is 0 Å². The van der Waals surface area contributed by atoms with Crippen LogP contribution in [0, 0.1) is 6.92 Å². The number of hydrogen-bond donors (Lipinski definition) is 1. The van der Waals surface area contributed by atoms with Crippen LogP contribution in [0.2, 0.25) is 5.15 Å². The number of nitrogens with zero attached hydrogens (tertiary/aromatic N) is 1. The van der Waals surface area contributed by atoms with Gasteiger partial charge in [-0.2, -0.15) is 0 Å². The Labute approximate surface area is 75.5 Å². The van der Waals surface area contributed by atoms with E-state index in [1.165, 1.54) is 0 Å². The number of halogens is 1. The minimum Gasteiger partial charge on any atom is -0.489 e. The largest absolute Gasteiger partial charge is 0.489 e. The van der Waals surface area contributed by atoms with Crippen molar-refractivity contribution in [2.24, 2.45) is 5.73 Å².